The van der Waals surface area contributed by atoms with Gasteiger partial charge in [-0.15, -0.1) is 0 Å². The summed E-state index contributed by atoms with van der Waals surface area (Å²) in [6.07, 6.45) is 0. The number of carboxylic acids is 1. The lowest BCUT2D eigenvalue weighted by atomic mass is 9.97. The smallest absolute Gasteiger partial charge is 0.335 e. The van der Waals surface area contributed by atoms with E-state index in [-0.39, 0.29) is 11.5 Å². The summed E-state index contributed by atoms with van der Waals surface area (Å²) in [5, 5.41) is 12.7. The third kappa shape index (κ3) is 3.96. The van der Waals surface area contributed by atoms with Gasteiger partial charge in [-0.2, -0.15) is 0 Å². The van der Waals surface area contributed by atoms with Crippen molar-refractivity contribution in [2.24, 2.45) is 0 Å². The number of rotatable bonds is 5. The predicted molar refractivity (Wildman–Crippen MR) is 120 cm³/mol. The van der Waals surface area contributed by atoms with Gasteiger partial charge in [0.05, 0.1) is 29.4 Å². The van der Waals surface area contributed by atoms with Crippen LogP contribution in [0.4, 0.5) is 5.69 Å². The van der Waals surface area contributed by atoms with Gasteiger partial charge in [-0.1, -0.05) is 18.2 Å². The second-order valence-electron chi connectivity index (χ2n) is 7.04. The molecule has 1 heterocycles. The minimum Gasteiger partial charge on any atom is -0.497 e. The van der Waals surface area contributed by atoms with Crippen molar-refractivity contribution in [3.05, 3.63) is 89.5 Å². The highest BCUT2D eigenvalue weighted by molar-refractivity contribution is 6.14. The lowest BCUT2D eigenvalue weighted by Crippen LogP contribution is -2.15. The van der Waals surface area contributed by atoms with E-state index in [9.17, 15) is 9.59 Å². The zero-order chi connectivity index (χ0) is 22.0. The van der Waals surface area contributed by atoms with Crippen LogP contribution < -0.4 is 10.1 Å². The van der Waals surface area contributed by atoms with Gasteiger partial charge in [0, 0.05) is 16.6 Å². The van der Waals surface area contributed by atoms with Gasteiger partial charge in [0.2, 0.25) is 0 Å². The molecule has 2 N–H and O–H groups in total. The van der Waals surface area contributed by atoms with Crippen molar-refractivity contribution in [3.63, 3.8) is 0 Å². The molecular weight excluding hydrogens is 392 g/mol. The number of carboxylic acid groups (broad SMARTS) is 1. The molecule has 0 radical (unpaired) electrons. The van der Waals surface area contributed by atoms with Crippen LogP contribution in [0.3, 0.4) is 0 Å². The summed E-state index contributed by atoms with van der Waals surface area (Å²) < 4.78 is 5.24. The summed E-state index contributed by atoms with van der Waals surface area (Å²) >= 11 is 0. The van der Waals surface area contributed by atoms with Gasteiger partial charge in [-0.05, 0) is 67.1 Å². The Labute approximate surface area is 179 Å². The largest absolute Gasteiger partial charge is 0.497 e. The van der Waals surface area contributed by atoms with Crippen LogP contribution >= 0.6 is 0 Å². The van der Waals surface area contributed by atoms with Crippen LogP contribution in [0, 0.1) is 6.92 Å². The van der Waals surface area contributed by atoms with Gasteiger partial charge in [0.25, 0.3) is 5.91 Å². The Bertz CT molecular complexity index is 1280. The fraction of sp³-hybridized carbons (Fsp3) is 0.0800. The van der Waals surface area contributed by atoms with Crippen molar-refractivity contribution >= 4 is 28.5 Å². The van der Waals surface area contributed by atoms with Crippen molar-refractivity contribution in [1.29, 1.82) is 0 Å². The SMILES string of the molecule is COc1ccc(-c2nc3ccccc3c(C(=O)Nc3ccc(C(=O)O)cc3)c2C)cc1. The van der Waals surface area contributed by atoms with Gasteiger partial charge < -0.3 is 15.2 Å². The van der Waals surface area contributed by atoms with Crippen molar-refractivity contribution in [2.75, 3.05) is 12.4 Å². The normalized spacial score (nSPS) is 10.6. The van der Waals surface area contributed by atoms with Gasteiger partial charge in [0.1, 0.15) is 5.75 Å². The quantitative estimate of drug-likeness (QED) is 0.472. The first-order chi connectivity index (χ1) is 15.0. The number of ether oxygens (including phenoxy) is 1. The molecule has 0 unspecified atom stereocenters. The lowest BCUT2D eigenvalue weighted by molar-refractivity contribution is 0.0696. The van der Waals surface area contributed by atoms with Crippen molar-refractivity contribution < 1.29 is 19.4 Å². The summed E-state index contributed by atoms with van der Waals surface area (Å²) in [4.78, 5) is 29.1. The number of amides is 1. The monoisotopic (exact) mass is 412 g/mol. The van der Waals surface area contributed by atoms with E-state index in [1.165, 1.54) is 12.1 Å². The molecule has 0 atom stereocenters. The average molecular weight is 412 g/mol. The molecule has 31 heavy (non-hydrogen) atoms. The summed E-state index contributed by atoms with van der Waals surface area (Å²) in [5.74, 6) is -0.558. The van der Waals surface area contributed by atoms with Crippen LogP contribution in [0.25, 0.3) is 22.2 Å². The number of hydrogen-bond donors (Lipinski definition) is 2. The molecule has 6 nitrogen and oxygen atoms in total. The molecule has 4 aromatic rings. The fourth-order valence-corrected chi connectivity index (χ4v) is 3.52. The highest BCUT2D eigenvalue weighted by atomic mass is 16.5. The third-order valence-corrected chi connectivity index (χ3v) is 5.12. The second-order valence-corrected chi connectivity index (χ2v) is 7.04. The molecule has 6 heteroatoms. The summed E-state index contributed by atoms with van der Waals surface area (Å²) in [5.41, 5.74) is 4.26. The third-order valence-electron chi connectivity index (χ3n) is 5.12. The Morgan fingerprint density at radius 2 is 1.61 bits per heavy atom. The number of aromatic nitrogens is 1. The van der Waals surface area contributed by atoms with Gasteiger partial charge >= 0.3 is 5.97 Å². The minimum absolute atomic E-state index is 0.158. The first-order valence-electron chi connectivity index (χ1n) is 9.66. The Balaban J connectivity index is 1.79. The van der Waals surface area contributed by atoms with Crippen LogP contribution in [0.15, 0.2) is 72.8 Å². The number of methoxy groups -OCH3 is 1. The Kier molecular flexibility index (Phi) is 5.37. The second kappa shape index (κ2) is 8.28. The highest BCUT2D eigenvalue weighted by Gasteiger charge is 2.19. The standard InChI is InChI=1S/C25H20N2O4/c1-15-22(24(28)26-18-11-7-17(8-12-18)25(29)30)20-5-3-4-6-21(20)27-23(15)16-9-13-19(31-2)14-10-16/h3-14H,1-2H3,(H,26,28)(H,29,30). The number of hydrogen-bond acceptors (Lipinski definition) is 4. The molecule has 0 fully saturated rings. The number of para-hydroxylation sites is 1. The zero-order valence-electron chi connectivity index (χ0n) is 17.0. The van der Waals surface area contributed by atoms with Crippen LogP contribution in [-0.4, -0.2) is 29.1 Å². The van der Waals surface area contributed by atoms with E-state index in [1.54, 1.807) is 19.2 Å². The Morgan fingerprint density at radius 1 is 0.935 bits per heavy atom. The number of benzene rings is 3. The number of fused-ring (bicyclic) bond motifs is 1. The van der Waals surface area contributed by atoms with E-state index >= 15 is 0 Å². The van der Waals surface area contributed by atoms with Crippen LogP contribution in [-0.2, 0) is 0 Å². The number of nitrogens with one attached hydrogen (secondary N) is 1. The van der Waals surface area contributed by atoms with E-state index in [2.05, 4.69) is 5.32 Å². The summed E-state index contributed by atoms with van der Waals surface area (Å²) in [7, 11) is 1.61. The van der Waals surface area contributed by atoms with E-state index < -0.39 is 5.97 Å². The number of nitrogens with zero attached hydrogens (tertiary/aromatic N) is 1. The predicted octanol–water partition coefficient (Wildman–Crippen LogP) is 5.17. The average Bonchev–Trinajstić information content (AvgIpc) is 2.79. The van der Waals surface area contributed by atoms with Crippen molar-refractivity contribution in [1.82, 2.24) is 4.98 Å². The van der Waals surface area contributed by atoms with Gasteiger partial charge in [0.15, 0.2) is 0 Å². The molecule has 0 aliphatic carbocycles. The van der Waals surface area contributed by atoms with E-state index in [1.807, 2.05) is 55.5 Å². The molecule has 154 valence electrons. The lowest BCUT2D eigenvalue weighted by Gasteiger charge is -2.15. The number of pyridine rings is 1. The molecule has 3 aromatic carbocycles. The fourth-order valence-electron chi connectivity index (χ4n) is 3.52. The molecule has 1 aromatic heterocycles. The first-order valence-corrected chi connectivity index (χ1v) is 9.66. The maximum absolute atomic E-state index is 13.3. The van der Waals surface area contributed by atoms with Crippen LogP contribution in [0.5, 0.6) is 5.75 Å². The van der Waals surface area contributed by atoms with Crippen LogP contribution in [0.2, 0.25) is 0 Å². The molecular formula is C25H20N2O4. The Hall–Kier alpha value is -4.19. The minimum atomic E-state index is -1.02. The molecule has 4 rings (SSSR count). The highest BCUT2D eigenvalue weighted by Crippen LogP contribution is 2.31. The molecule has 0 saturated carbocycles. The number of carbonyl (C=O) groups excluding carboxylic acids is 1. The van der Waals surface area contributed by atoms with Gasteiger partial charge in [-0.3, -0.25) is 4.79 Å². The summed E-state index contributed by atoms with van der Waals surface area (Å²) in [6.45, 7) is 1.88. The summed E-state index contributed by atoms with van der Waals surface area (Å²) in [6, 6.07) is 21.1. The van der Waals surface area contributed by atoms with Crippen LogP contribution in [0.1, 0.15) is 26.3 Å². The molecule has 0 saturated heterocycles. The van der Waals surface area contributed by atoms with Crippen molar-refractivity contribution in [2.45, 2.75) is 6.92 Å². The molecule has 0 bridgehead atoms. The number of aromatic carboxylic acids is 1. The van der Waals surface area contributed by atoms with E-state index in [4.69, 9.17) is 14.8 Å². The van der Waals surface area contributed by atoms with E-state index in [0.29, 0.717) is 22.5 Å². The maximum atomic E-state index is 13.3. The number of anilines is 1. The molecule has 1 amide bonds. The van der Waals surface area contributed by atoms with E-state index in [0.717, 1.165) is 22.3 Å². The molecule has 0 aliphatic heterocycles. The zero-order valence-corrected chi connectivity index (χ0v) is 17.0. The first kappa shape index (κ1) is 20.1. The number of carbonyl (C=O) groups is 2. The maximum Gasteiger partial charge on any atom is 0.335 e. The van der Waals surface area contributed by atoms with Gasteiger partial charge in [-0.25, -0.2) is 9.78 Å². The topological polar surface area (TPSA) is 88.5 Å². The Morgan fingerprint density at radius 3 is 2.26 bits per heavy atom. The molecule has 0 spiro atoms. The molecule has 0 aliphatic rings. The van der Waals surface area contributed by atoms with Crippen molar-refractivity contribution in [3.8, 4) is 17.0 Å².